The van der Waals surface area contributed by atoms with Crippen LogP contribution in [0.5, 0.6) is 5.75 Å². The van der Waals surface area contributed by atoms with Crippen molar-refractivity contribution in [2.75, 3.05) is 5.32 Å². The molecular weight excluding hydrogens is 370 g/mol. The van der Waals surface area contributed by atoms with Crippen molar-refractivity contribution in [3.05, 3.63) is 83.8 Å². The second-order valence-electron chi connectivity index (χ2n) is 6.45. The quantitative estimate of drug-likeness (QED) is 0.566. The van der Waals surface area contributed by atoms with Gasteiger partial charge in [-0.25, -0.2) is 4.79 Å². The molecule has 0 spiro atoms. The Kier molecular flexibility index (Phi) is 6.68. The second kappa shape index (κ2) is 9.59. The molecule has 150 valence electrons. The van der Waals surface area contributed by atoms with Crippen LogP contribution in [0, 0.1) is 0 Å². The summed E-state index contributed by atoms with van der Waals surface area (Å²) in [5, 5.41) is 2.73. The van der Waals surface area contributed by atoms with Crippen molar-refractivity contribution in [1.82, 2.24) is 0 Å². The molecule has 0 unspecified atom stereocenters. The summed E-state index contributed by atoms with van der Waals surface area (Å²) in [6.07, 6.45) is -0.0495. The van der Waals surface area contributed by atoms with E-state index in [2.05, 4.69) is 12.2 Å². The molecular formula is C23H23NO5. The van der Waals surface area contributed by atoms with Crippen molar-refractivity contribution < 1.29 is 23.5 Å². The van der Waals surface area contributed by atoms with E-state index in [-0.39, 0.29) is 12.4 Å². The summed E-state index contributed by atoms with van der Waals surface area (Å²) in [6.45, 7) is 3.75. The number of amides is 1. The molecule has 0 fully saturated rings. The largest absolute Gasteiger partial charge is 0.486 e. The highest BCUT2D eigenvalue weighted by atomic mass is 16.6. The van der Waals surface area contributed by atoms with E-state index in [4.69, 9.17) is 13.9 Å². The van der Waals surface area contributed by atoms with Crippen molar-refractivity contribution in [3.63, 3.8) is 0 Å². The number of carbonyl (C=O) groups excluding carboxylic acids is 2. The van der Waals surface area contributed by atoms with E-state index in [1.807, 2.05) is 54.6 Å². The van der Waals surface area contributed by atoms with Gasteiger partial charge in [0.1, 0.15) is 18.1 Å². The minimum absolute atomic E-state index is 0.0172. The first-order valence-corrected chi connectivity index (χ1v) is 9.42. The van der Waals surface area contributed by atoms with E-state index in [0.717, 1.165) is 6.42 Å². The fraction of sp³-hybridized carbons (Fsp3) is 0.217. The van der Waals surface area contributed by atoms with Gasteiger partial charge >= 0.3 is 5.97 Å². The van der Waals surface area contributed by atoms with Crippen molar-refractivity contribution in [1.29, 1.82) is 0 Å². The minimum atomic E-state index is -0.970. The summed E-state index contributed by atoms with van der Waals surface area (Å²) in [4.78, 5) is 24.5. The van der Waals surface area contributed by atoms with Gasteiger partial charge in [-0.2, -0.15) is 0 Å². The van der Waals surface area contributed by atoms with Crippen molar-refractivity contribution in [3.8, 4) is 5.75 Å². The third-order valence-electron chi connectivity index (χ3n) is 4.27. The molecule has 3 aromatic rings. The third-order valence-corrected chi connectivity index (χ3v) is 4.27. The van der Waals surface area contributed by atoms with Crippen LogP contribution in [0.15, 0.2) is 71.1 Å². The molecule has 1 N–H and O–H groups in total. The van der Waals surface area contributed by atoms with Gasteiger partial charge in [0, 0.05) is 5.69 Å². The Balaban J connectivity index is 1.51. The zero-order valence-electron chi connectivity index (χ0n) is 16.4. The number of hydrogen-bond donors (Lipinski definition) is 1. The fourth-order valence-electron chi connectivity index (χ4n) is 2.58. The summed E-state index contributed by atoms with van der Waals surface area (Å²) >= 11 is 0. The number of anilines is 1. The topological polar surface area (TPSA) is 77.8 Å². The molecule has 29 heavy (non-hydrogen) atoms. The first kappa shape index (κ1) is 20.2. The Hall–Kier alpha value is -3.54. The van der Waals surface area contributed by atoms with Crippen molar-refractivity contribution in [2.45, 2.75) is 33.0 Å². The number of aryl methyl sites for hydroxylation is 1. The molecule has 0 aliphatic carbocycles. The van der Waals surface area contributed by atoms with E-state index < -0.39 is 18.0 Å². The molecule has 1 heterocycles. The van der Waals surface area contributed by atoms with Crippen LogP contribution >= 0.6 is 0 Å². The fourth-order valence-corrected chi connectivity index (χ4v) is 2.58. The first-order chi connectivity index (χ1) is 14.0. The molecule has 0 saturated carbocycles. The zero-order valence-corrected chi connectivity index (χ0v) is 16.4. The van der Waals surface area contributed by atoms with Gasteiger partial charge in [-0.05, 0) is 55.3 Å². The SMILES string of the molecule is CCc1ccc(NC(=O)[C@@H](C)OC(=O)c2ccc(COc3ccccc3)o2)cc1. The number of furan rings is 1. The molecule has 0 aliphatic rings. The van der Waals surface area contributed by atoms with Crippen LogP contribution in [0.3, 0.4) is 0 Å². The summed E-state index contributed by atoms with van der Waals surface area (Å²) < 4.78 is 16.2. The van der Waals surface area contributed by atoms with E-state index in [9.17, 15) is 9.59 Å². The number of carbonyl (C=O) groups is 2. The van der Waals surface area contributed by atoms with E-state index in [1.54, 1.807) is 6.07 Å². The number of ether oxygens (including phenoxy) is 2. The van der Waals surface area contributed by atoms with Gasteiger partial charge < -0.3 is 19.2 Å². The molecule has 0 aliphatic heterocycles. The van der Waals surface area contributed by atoms with E-state index in [1.165, 1.54) is 18.6 Å². The summed E-state index contributed by atoms with van der Waals surface area (Å²) in [6, 6.07) is 19.9. The highest BCUT2D eigenvalue weighted by Gasteiger charge is 2.21. The number of esters is 1. The lowest BCUT2D eigenvalue weighted by atomic mass is 10.1. The van der Waals surface area contributed by atoms with E-state index >= 15 is 0 Å². The third kappa shape index (κ3) is 5.72. The molecule has 1 aromatic heterocycles. The molecule has 6 heteroatoms. The Bertz CT molecular complexity index is 947. The number of nitrogens with one attached hydrogen (secondary N) is 1. The number of rotatable bonds is 8. The molecule has 1 atom stereocenters. The smallest absolute Gasteiger partial charge is 0.375 e. The predicted octanol–water partition coefficient (Wildman–Crippen LogP) is 4.61. The summed E-state index contributed by atoms with van der Waals surface area (Å²) in [5.74, 6) is 0.0737. The number of hydrogen-bond acceptors (Lipinski definition) is 5. The second-order valence-corrected chi connectivity index (χ2v) is 6.45. The van der Waals surface area contributed by atoms with Gasteiger partial charge in [0.15, 0.2) is 6.10 Å². The maximum absolute atomic E-state index is 12.3. The maximum Gasteiger partial charge on any atom is 0.375 e. The first-order valence-electron chi connectivity index (χ1n) is 9.42. The lowest BCUT2D eigenvalue weighted by Gasteiger charge is -2.13. The van der Waals surface area contributed by atoms with Crippen LogP contribution in [0.1, 0.15) is 35.7 Å². The number of benzene rings is 2. The van der Waals surface area contributed by atoms with Gasteiger partial charge in [0.05, 0.1) is 0 Å². The zero-order chi connectivity index (χ0) is 20.6. The van der Waals surface area contributed by atoms with Gasteiger partial charge in [0.25, 0.3) is 5.91 Å². The Morgan fingerprint density at radius 1 is 1.00 bits per heavy atom. The molecule has 6 nitrogen and oxygen atoms in total. The predicted molar refractivity (Wildman–Crippen MR) is 109 cm³/mol. The Morgan fingerprint density at radius 3 is 2.41 bits per heavy atom. The maximum atomic E-state index is 12.3. The molecule has 0 bridgehead atoms. The minimum Gasteiger partial charge on any atom is -0.486 e. The van der Waals surface area contributed by atoms with Crippen LogP contribution < -0.4 is 10.1 Å². The molecule has 0 saturated heterocycles. The van der Waals surface area contributed by atoms with Crippen molar-refractivity contribution >= 4 is 17.6 Å². The highest BCUT2D eigenvalue weighted by Crippen LogP contribution is 2.16. The van der Waals surface area contributed by atoms with Gasteiger partial charge in [-0.15, -0.1) is 0 Å². The van der Waals surface area contributed by atoms with Crippen LogP contribution in [0.2, 0.25) is 0 Å². The Labute approximate surface area is 169 Å². The molecule has 1 amide bonds. The monoisotopic (exact) mass is 393 g/mol. The summed E-state index contributed by atoms with van der Waals surface area (Å²) in [5.41, 5.74) is 1.82. The lowest BCUT2D eigenvalue weighted by molar-refractivity contribution is -0.123. The highest BCUT2D eigenvalue weighted by molar-refractivity contribution is 5.96. The van der Waals surface area contributed by atoms with Crippen LogP contribution in [0.25, 0.3) is 0 Å². The number of para-hydroxylation sites is 1. The van der Waals surface area contributed by atoms with Gasteiger partial charge in [0.2, 0.25) is 5.76 Å². The van der Waals surface area contributed by atoms with Crippen LogP contribution in [0.4, 0.5) is 5.69 Å². The lowest BCUT2D eigenvalue weighted by Crippen LogP contribution is -2.29. The standard InChI is InChI=1S/C23H23NO5/c1-3-17-9-11-18(12-10-17)24-22(25)16(2)28-23(26)21-14-13-20(29-21)15-27-19-7-5-4-6-8-19/h4-14,16H,3,15H2,1-2H3,(H,24,25)/t16-/m1/s1. The molecule has 2 aromatic carbocycles. The summed E-state index contributed by atoms with van der Waals surface area (Å²) in [7, 11) is 0. The Morgan fingerprint density at radius 2 is 1.72 bits per heavy atom. The average Bonchev–Trinajstić information content (AvgIpc) is 3.23. The van der Waals surface area contributed by atoms with E-state index in [0.29, 0.717) is 17.2 Å². The van der Waals surface area contributed by atoms with Gasteiger partial charge in [-0.1, -0.05) is 37.3 Å². The molecule has 3 rings (SSSR count). The van der Waals surface area contributed by atoms with Crippen LogP contribution in [-0.4, -0.2) is 18.0 Å². The average molecular weight is 393 g/mol. The van der Waals surface area contributed by atoms with Crippen LogP contribution in [-0.2, 0) is 22.6 Å². The normalized spacial score (nSPS) is 11.5. The van der Waals surface area contributed by atoms with Gasteiger partial charge in [-0.3, -0.25) is 4.79 Å². The molecule has 0 radical (unpaired) electrons. The van der Waals surface area contributed by atoms with Crippen molar-refractivity contribution in [2.24, 2.45) is 0 Å².